The molecule has 4 aromatic rings. The van der Waals surface area contributed by atoms with E-state index in [1.165, 1.54) is 14.2 Å². The zero-order chi connectivity index (χ0) is 22.8. The topological polar surface area (TPSA) is 67.1 Å². The average molecular weight is 544 g/mol. The maximum atomic E-state index is 13.6. The Kier molecular flexibility index (Phi) is 6.27. The summed E-state index contributed by atoms with van der Waals surface area (Å²) in [5, 5.41) is 0.288. The molecule has 32 heavy (non-hydrogen) atoms. The van der Waals surface area contributed by atoms with Gasteiger partial charge in [-0.05, 0) is 64.6 Å². The van der Waals surface area contributed by atoms with Gasteiger partial charge in [-0.2, -0.15) is 0 Å². The summed E-state index contributed by atoms with van der Waals surface area (Å²) >= 11 is 2.25. The predicted octanol–water partition coefficient (Wildman–Crippen LogP) is 5.77. The standard InChI is InChI=1S/C25H21IO6/c1-28-17-11-7-15(8-12-17)23-25(31-4)22(27)21-19(30-3)13-18(29-2)20(24(21)32-23)14-5-9-16(26)10-6-14/h5-13H,1-4H3. The van der Waals surface area contributed by atoms with E-state index >= 15 is 0 Å². The minimum atomic E-state index is -0.328. The lowest BCUT2D eigenvalue weighted by Crippen LogP contribution is -2.10. The van der Waals surface area contributed by atoms with Gasteiger partial charge in [-0.3, -0.25) is 4.79 Å². The fraction of sp³-hybridized carbons (Fsp3) is 0.160. The van der Waals surface area contributed by atoms with E-state index in [4.69, 9.17) is 23.4 Å². The molecule has 0 radical (unpaired) electrons. The van der Waals surface area contributed by atoms with Crippen LogP contribution in [0.15, 0.2) is 63.8 Å². The van der Waals surface area contributed by atoms with Crippen molar-refractivity contribution >= 4 is 33.6 Å². The number of halogens is 1. The first kappa shape index (κ1) is 22.0. The minimum absolute atomic E-state index is 0.0969. The third-order valence-corrected chi connectivity index (χ3v) is 5.90. The van der Waals surface area contributed by atoms with E-state index in [1.807, 2.05) is 36.4 Å². The summed E-state index contributed by atoms with van der Waals surface area (Å²) in [6.45, 7) is 0. The lowest BCUT2D eigenvalue weighted by molar-refractivity contribution is 0.389. The monoisotopic (exact) mass is 544 g/mol. The van der Waals surface area contributed by atoms with E-state index in [2.05, 4.69) is 22.6 Å². The molecule has 0 spiro atoms. The number of ether oxygens (including phenoxy) is 4. The van der Waals surface area contributed by atoms with Crippen LogP contribution < -0.4 is 24.4 Å². The molecule has 0 aliphatic carbocycles. The smallest absolute Gasteiger partial charge is 0.239 e. The van der Waals surface area contributed by atoms with Gasteiger partial charge in [-0.1, -0.05) is 12.1 Å². The maximum Gasteiger partial charge on any atom is 0.239 e. The van der Waals surface area contributed by atoms with Gasteiger partial charge in [0.1, 0.15) is 22.6 Å². The number of hydrogen-bond acceptors (Lipinski definition) is 6. The lowest BCUT2D eigenvalue weighted by atomic mass is 9.99. The second kappa shape index (κ2) is 9.12. The van der Waals surface area contributed by atoms with Crippen molar-refractivity contribution in [1.29, 1.82) is 0 Å². The summed E-state index contributed by atoms with van der Waals surface area (Å²) in [6, 6.07) is 16.8. The van der Waals surface area contributed by atoms with Crippen molar-refractivity contribution < 1.29 is 23.4 Å². The Morgan fingerprint density at radius 3 is 1.94 bits per heavy atom. The van der Waals surface area contributed by atoms with Crippen molar-refractivity contribution in [2.75, 3.05) is 28.4 Å². The molecule has 0 bridgehead atoms. The predicted molar refractivity (Wildman–Crippen MR) is 132 cm³/mol. The van der Waals surface area contributed by atoms with E-state index in [-0.39, 0.29) is 16.6 Å². The van der Waals surface area contributed by atoms with Gasteiger partial charge in [0.25, 0.3) is 0 Å². The van der Waals surface area contributed by atoms with Gasteiger partial charge in [0, 0.05) is 15.2 Å². The van der Waals surface area contributed by atoms with Crippen LogP contribution in [0.25, 0.3) is 33.4 Å². The molecule has 1 aromatic heterocycles. The van der Waals surface area contributed by atoms with Crippen LogP contribution in [0, 0.1) is 3.57 Å². The molecule has 0 aliphatic heterocycles. The summed E-state index contributed by atoms with van der Waals surface area (Å²) in [4.78, 5) is 13.6. The van der Waals surface area contributed by atoms with Gasteiger partial charge in [0.05, 0.1) is 34.0 Å². The molecule has 0 unspecified atom stereocenters. The highest BCUT2D eigenvalue weighted by atomic mass is 127. The molecule has 0 aliphatic rings. The molecule has 0 amide bonds. The Morgan fingerprint density at radius 2 is 1.38 bits per heavy atom. The van der Waals surface area contributed by atoms with Crippen molar-refractivity contribution in [3.63, 3.8) is 0 Å². The molecule has 0 N–H and O–H groups in total. The molecular formula is C25H21IO6. The molecule has 0 atom stereocenters. The summed E-state index contributed by atoms with van der Waals surface area (Å²) in [6.07, 6.45) is 0. The number of fused-ring (bicyclic) bond motifs is 1. The fourth-order valence-corrected chi connectivity index (χ4v) is 3.98. The van der Waals surface area contributed by atoms with E-state index in [9.17, 15) is 4.79 Å². The molecule has 7 heteroatoms. The van der Waals surface area contributed by atoms with Crippen LogP contribution in [-0.4, -0.2) is 28.4 Å². The highest BCUT2D eigenvalue weighted by molar-refractivity contribution is 14.1. The molecule has 0 saturated heterocycles. The highest BCUT2D eigenvalue weighted by Gasteiger charge is 2.25. The Hall–Kier alpha value is -3.20. The lowest BCUT2D eigenvalue weighted by Gasteiger charge is -2.17. The van der Waals surface area contributed by atoms with E-state index in [1.54, 1.807) is 32.4 Å². The summed E-state index contributed by atoms with van der Waals surface area (Å²) < 4.78 is 29.4. The molecule has 1 heterocycles. The van der Waals surface area contributed by atoms with Gasteiger partial charge in [-0.25, -0.2) is 0 Å². The molecule has 0 fully saturated rings. The van der Waals surface area contributed by atoms with Crippen LogP contribution in [0.2, 0.25) is 0 Å². The van der Waals surface area contributed by atoms with Crippen LogP contribution in [-0.2, 0) is 0 Å². The molecular weight excluding hydrogens is 523 g/mol. The van der Waals surface area contributed by atoms with Crippen LogP contribution in [0.3, 0.4) is 0 Å². The van der Waals surface area contributed by atoms with Gasteiger partial charge >= 0.3 is 0 Å². The average Bonchev–Trinajstić information content (AvgIpc) is 2.83. The number of benzene rings is 3. The van der Waals surface area contributed by atoms with Crippen molar-refractivity contribution in [3.05, 3.63) is 68.4 Å². The van der Waals surface area contributed by atoms with Crippen molar-refractivity contribution in [1.82, 2.24) is 0 Å². The number of rotatable bonds is 6. The Morgan fingerprint density at radius 1 is 0.750 bits per heavy atom. The van der Waals surface area contributed by atoms with Gasteiger partial charge in [0.2, 0.25) is 11.2 Å². The molecule has 0 saturated carbocycles. The van der Waals surface area contributed by atoms with Crippen LogP contribution >= 0.6 is 22.6 Å². The normalized spacial score (nSPS) is 10.8. The maximum absolute atomic E-state index is 13.6. The summed E-state index contributed by atoms with van der Waals surface area (Å²) in [5.74, 6) is 1.98. The molecule has 3 aromatic carbocycles. The molecule has 6 nitrogen and oxygen atoms in total. The molecule has 164 valence electrons. The Labute approximate surface area is 198 Å². The SMILES string of the molecule is COc1ccc(-c2oc3c(-c4ccc(I)cc4)c(OC)cc(OC)c3c(=O)c2OC)cc1. The zero-order valence-electron chi connectivity index (χ0n) is 18.0. The van der Waals surface area contributed by atoms with Gasteiger partial charge in [0.15, 0.2) is 11.3 Å². The van der Waals surface area contributed by atoms with Gasteiger partial charge < -0.3 is 23.4 Å². The van der Waals surface area contributed by atoms with E-state index in [0.717, 1.165) is 9.13 Å². The first-order valence-electron chi connectivity index (χ1n) is 9.72. The third kappa shape index (κ3) is 3.77. The van der Waals surface area contributed by atoms with Crippen LogP contribution in [0.4, 0.5) is 0 Å². The minimum Gasteiger partial charge on any atom is -0.497 e. The van der Waals surface area contributed by atoms with Crippen molar-refractivity contribution in [2.24, 2.45) is 0 Å². The van der Waals surface area contributed by atoms with Crippen LogP contribution in [0.1, 0.15) is 0 Å². The van der Waals surface area contributed by atoms with E-state index < -0.39 is 0 Å². The Bertz CT molecular complexity index is 1320. The second-order valence-electron chi connectivity index (χ2n) is 6.89. The largest absolute Gasteiger partial charge is 0.497 e. The summed E-state index contributed by atoms with van der Waals surface area (Å²) in [5.41, 5.74) is 2.22. The second-order valence-corrected chi connectivity index (χ2v) is 8.13. The fourth-order valence-electron chi connectivity index (χ4n) is 3.62. The third-order valence-electron chi connectivity index (χ3n) is 5.18. The molecule has 4 rings (SSSR count). The first-order chi connectivity index (χ1) is 15.5. The number of hydrogen-bond donors (Lipinski definition) is 0. The summed E-state index contributed by atoms with van der Waals surface area (Å²) in [7, 11) is 6.11. The van der Waals surface area contributed by atoms with Crippen molar-refractivity contribution in [2.45, 2.75) is 0 Å². The van der Waals surface area contributed by atoms with E-state index in [0.29, 0.717) is 39.7 Å². The quantitative estimate of drug-likeness (QED) is 0.288. The van der Waals surface area contributed by atoms with Gasteiger partial charge in [-0.15, -0.1) is 0 Å². The Balaban J connectivity index is 2.14. The number of methoxy groups -OCH3 is 4. The first-order valence-corrected chi connectivity index (χ1v) is 10.8. The van der Waals surface area contributed by atoms with Crippen molar-refractivity contribution in [3.8, 4) is 45.4 Å². The van der Waals surface area contributed by atoms with Crippen LogP contribution in [0.5, 0.6) is 23.0 Å². The highest BCUT2D eigenvalue weighted by Crippen LogP contribution is 2.44. The zero-order valence-corrected chi connectivity index (χ0v) is 20.2.